The van der Waals surface area contributed by atoms with Crippen molar-refractivity contribution >= 4 is 104 Å². The molecular formula is C56H70I2N9NaO8S3. The van der Waals surface area contributed by atoms with Crippen molar-refractivity contribution in [3.63, 3.8) is 0 Å². The van der Waals surface area contributed by atoms with Crippen LogP contribution >= 0.6 is 49.0 Å². The minimum atomic E-state index is -1.35. The predicted octanol–water partition coefficient (Wildman–Crippen LogP) is 9.63. The summed E-state index contributed by atoms with van der Waals surface area (Å²) in [5.41, 5.74) is 10.6. The largest absolute Gasteiger partial charge is 1.00 e. The number of hydrogen-bond donors (Lipinski definition) is 2. The molecule has 0 bridgehead atoms. The number of aromatic amines is 2. The maximum Gasteiger partial charge on any atom is 1.00 e. The number of nitrogens with zero attached hydrogens (tertiary/aromatic N) is 7. The second-order valence-electron chi connectivity index (χ2n) is 16.6. The molecule has 3 aromatic carbocycles. The fourth-order valence-corrected chi connectivity index (χ4v) is 10.4. The van der Waals surface area contributed by atoms with Crippen LogP contribution in [0.4, 0.5) is 0 Å². The molecule has 6 aromatic heterocycles. The first-order chi connectivity index (χ1) is 37.1. The van der Waals surface area contributed by atoms with Gasteiger partial charge in [-0.1, -0.05) is 75.1 Å². The number of rotatable bonds is 24. The Morgan fingerprint density at radius 2 is 0.962 bits per heavy atom. The number of methoxy groups -OCH3 is 3. The standard InChI is InChI=1S/C18H21N3O3S.C18H20N3O3S.C18H21N3O2S.2CH4.I2.Na/c2*1-13-16(19-9-8-17(13)24-11-5-10-23-2)12-25(22)18-20-14-6-3-4-7-15(14)21-18;1-13-16(19-9-8-17(13)23-11-5-10-22-2)12-24-18-20-14-6-3-4-7-15(14)21-18;;;1-2;/h3-4,6-9H,5,10-12H2,1-2H3,(H,20,21);3-4,6-9H,5,10-12H2,1-2H3;3-4,6-9H,5,10-12H2,1-2H3,(H,20,21);2*1H4;;/q;-1;;;;;+1. The number of pyridine rings is 3. The molecule has 9 rings (SSSR count). The Balaban J connectivity index is 0.000000301. The van der Waals surface area contributed by atoms with Gasteiger partial charge in [0.05, 0.1) is 92.1 Å². The van der Waals surface area contributed by atoms with Crippen molar-refractivity contribution in [2.75, 3.05) is 61.0 Å². The van der Waals surface area contributed by atoms with Crippen LogP contribution in [0.2, 0.25) is 0 Å². The third-order valence-corrected chi connectivity index (χ3v) is 14.5. The van der Waals surface area contributed by atoms with Crippen molar-refractivity contribution in [2.45, 2.75) is 87.6 Å². The van der Waals surface area contributed by atoms with Gasteiger partial charge in [0, 0.05) is 144 Å². The number of imidazole rings is 3. The zero-order valence-electron chi connectivity index (χ0n) is 44.3. The second kappa shape index (κ2) is 37.8. The zero-order valence-corrected chi connectivity index (χ0v) is 53.0. The summed E-state index contributed by atoms with van der Waals surface area (Å²) < 4.78 is 57.7. The Morgan fingerprint density at radius 3 is 1.44 bits per heavy atom. The Hall–Kier alpha value is -4.09. The number of fused-ring (bicyclic) bond motifs is 3. The van der Waals surface area contributed by atoms with Crippen LogP contribution in [0.5, 0.6) is 17.2 Å². The summed E-state index contributed by atoms with van der Waals surface area (Å²) in [6.45, 7) is 9.72. The van der Waals surface area contributed by atoms with Gasteiger partial charge >= 0.3 is 29.6 Å². The van der Waals surface area contributed by atoms with E-state index in [0.29, 0.717) is 55.7 Å². The SMILES string of the molecule is C.C.COCCCOc1ccnc(CS(=O)c2nc3ccccc3[n-]2)c1C.COCCCOc1ccnc(CS(=O)c2nc3ccccc3[nH]2)c1C.COCCCOc1ccnc(CSc2nc3ccccc3[nH]2)c1C.II.[Na+]. The van der Waals surface area contributed by atoms with Crippen molar-refractivity contribution in [2.24, 2.45) is 0 Å². The normalized spacial score (nSPS) is 11.3. The minimum absolute atomic E-state index is 0. The van der Waals surface area contributed by atoms with Crippen LogP contribution in [0.25, 0.3) is 33.1 Å². The molecule has 79 heavy (non-hydrogen) atoms. The quantitative estimate of drug-likeness (QED) is 0.0249. The van der Waals surface area contributed by atoms with E-state index in [2.05, 4.69) is 82.1 Å². The molecule has 0 radical (unpaired) electrons. The molecule has 0 spiro atoms. The van der Waals surface area contributed by atoms with Gasteiger partial charge in [0.25, 0.3) is 0 Å². The van der Waals surface area contributed by atoms with Crippen LogP contribution in [-0.2, 0) is 53.1 Å². The monoisotopic (exact) mass is 1370 g/mol. The fraction of sp³-hybridized carbons (Fsp3) is 0.357. The van der Waals surface area contributed by atoms with Gasteiger partial charge in [0.2, 0.25) is 0 Å². The van der Waals surface area contributed by atoms with E-state index in [1.165, 1.54) is 0 Å². The van der Waals surface area contributed by atoms with Crippen LogP contribution in [0.3, 0.4) is 0 Å². The fourth-order valence-electron chi connectivity index (χ4n) is 7.28. The van der Waals surface area contributed by atoms with E-state index in [4.69, 9.17) is 28.4 Å². The molecule has 6 heterocycles. The van der Waals surface area contributed by atoms with Gasteiger partial charge in [-0.15, -0.1) is 0 Å². The van der Waals surface area contributed by atoms with Gasteiger partial charge in [-0.25, -0.2) is 9.97 Å². The molecule has 0 saturated carbocycles. The average Bonchev–Trinajstić information content (AvgIpc) is 4.23. The van der Waals surface area contributed by atoms with Gasteiger partial charge in [0.1, 0.15) is 17.2 Å². The van der Waals surface area contributed by atoms with Gasteiger partial charge in [-0.3, -0.25) is 23.4 Å². The molecule has 9 aromatic rings. The van der Waals surface area contributed by atoms with Crippen LogP contribution in [0.1, 0.15) is 67.9 Å². The van der Waals surface area contributed by atoms with Crippen molar-refractivity contribution < 1.29 is 66.4 Å². The molecule has 0 fully saturated rings. The summed E-state index contributed by atoms with van der Waals surface area (Å²) in [5.74, 6) is 3.72. The number of thioether (sulfide) groups is 1. The third kappa shape index (κ3) is 21.3. The van der Waals surface area contributed by atoms with Crippen LogP contribution in [0.15, 0.2) is 125 Å². The van der Waals surface area contributed by atoms with E-state index in [1.807, 2.05) is 112 Å². The number of para-hydroxylation sites is 6. The number of halogens is 2. The van der Waals surface area contributed by atoms with E-state index in [-0.39, 0.29) is 50.2 Å². The van der Waals surface area contributed by atoms with E-state index in [9.17, 15) is 8.42 Å². The molecule has 0 saturated heterocycles. The second-order valence-corrected chi connectivity index (χ2v) is 20.3. The first-order valence-corrected chi connectivity index (χ1v) is 34.1. The molecule has 23 heteroatoms. The van der Waals surface area contributed by atoms with Crippen molar-refractivity contribution in [3.8, 4) is 17.2 Å². The molecule has 17 nitrogen and oxygen atoms in total. The summed E-state index contributed by atoms with van der Waals surface area (Å²) in [7, 11) is 2.38. The van der Waals surface area contributed by atoms with E-state index >= 15 is 0 Å². The number of H-pyrrole nitrogens is 2. The van der Waals surface area contributed by atoms with Gasteiger partial charge in [-0.2, -0.15) is 0 Å². The summed E-state index contributed by atoms with van der Waals surface area (Å²) in [6.07, 6.45) is 7.66. The molecule has 0 aliphatic rings. The number of nitrogens with one attached hydrogen (secondary N) is 2. The summed E-state index contributed by atoms with van der Waals surface area (Å²) in [5, 5.41) is 1.71. The molecule has 0 amide bonds. The summed E-state index contributed by atoms with van der Waals surface area (Å²) in [6, 6.07) is 28.7. The van der Waals surface area contributed by atoms with Gasteiger partial charge < -0.3 is 48.4 Å². The maximum absolute atomic E-state index is 12.7. The van der Waals surface area contributed by atoms with Crippen molar-refractivity contribution in [1.82, 2.24) is 44.9 Å². The number of benzene rings is 3. The van der Waals surface area contributed by atoms with Crippen LogP contribution < -0.4 is 48.8 Å². The summed E-state index contributed by atoms with van der Waals surface area (Å²) >= 11 is 5.89. The average molecular weight is 1370 g/mol. The van der Waals surface area contributed by atoms with E-state index in [1.54, 1.807) is 51.7 Å². The smallest absolute Gasteiger partial charge is 0.493 e. The van der Waals surface area contributed by atoms with Crippen molar-refractivity contribution in [3.05, 3.63) is 143 Å². The number of hydrogen-bond acceptors (Lipinski definition) is 15. The first kappa shape index (κ1) is 69.2. The van der Waals surface area contributed by atoms with Crippen LogP contribution in [-0.4, -0.2) is 109 Å². The molecule has 0 aliphatic carbocycles. The number of aromatic nitrogens is 9. The predicted molar refractivity (Wildman–Crippen MR) is 331 cm³/mol. The topological polar surface area (TPSA) is 213 Å². The van der Waals surface area contributed by atoms with Gasteiger partial charge in [-0.05, 0) is 74.3 Å². The van der Waals surface area contributed by atoms with E-state index in [0.717, 1.165) is 114 Å². The zero-order chi connectivity index (χ0) is 54.1. The van der Waals surface area contributed by atoms with Crippen molar-refractivity contribution in [1.29, 1.82) is 0 Å². The Labute approximate surface area is 519 Å². The molecular weight excluding hydrogens is 1300 g/mol. The summed E-state index contributed by atoms with van der Waals surface area (Å²) in [4.78, 5) is 37.3. The molecule has 2 atom stereocenters. The minimum Gasteiger partial charge on any atom is -0.493 e. The molecule has 0 aliphatic heterocycles. The Bertz CT molecular complexity index is 3010. The molecule has 2 unspecified atom stereocenters. The molecule has 420 valence electrons. The maximum atomic E-state index is 12.7. The molecule has 2 N–H and O–H groups in total. The van der Waals surface area contributed by atoms with Crippen LogP contribution in [0, 0.1) is 20.8 Å². The first-order valence-electron chi connectivity index (χ1n) is 24.2. The Kier molecular flexibility index (Phi) is 33.1. The Morgan fingerprint density at radius 1 is 0.532 bits per heavy atom. The number of ether oxygens (including phenoxy) is 6. The van der Waals surface area contributed by atoms with Gasteiger partial charge in [0.15, 0.2) is 10.3 Å². The third-order valence-electron chi connectivity index (χ3n) is 11.4. The van der Waals surface area contributed by atoms with E-state index < -0.39 is 21.6 Å².